The lowest BCUT2D eigenvalue weighted by molar-refractivity contribution is 0.0714. The van der Waals surface area contributed by atoms with E-state index in [1.165, 1.54) is 0 Å². The molecule has 0 aliphatic rings. The molecule has 1 rings (SSSR count). The van der Waals surface area contributed by atoms with Crippen molar-refractivity contribution >= 4 is 23.3 Å². The van der Waals surface area contributed by atoms with Gasteiger partial charge >= 0.3 is 0 Å². The Morgan fingerprint density at radius 3 is 2.80 bits per heavy atom. The molecule has 7 nitrogen and oxygen atoms in total. The molecule has 0 spiro atoms. The summed E-state index contributed by atoms with van der Waals surface area (Å²) in [5.74, 6) is 0.0175. The number of aromatic nitrogens is 2. The summed E-state index contributed by atoms with van der Waals surface area (Å²) in [6.45, 7) is 6.29. The van der Waals surface area contributed by atoms with Gasteiger partial charge in [0.05, 0.1) is 5.69 Å². The second-order valence-corrected chi connectivity index (χ2v) is 5.49. The molecule has 0 fully saturated rings. The number of amidine groups is 1. The minimum absolute atomic E-state index is 0.0190. The standard InChI is InChI=1S/C12H21N5O2S/c1-4-5-9-11(20-16-14-9)12(18)17(8(2)3)7-6-10(13)15-19/h8,19H,4-7H2,1-3H3,(H2,13,15). The zero-order chi connectivity index (χ0) is 15.1. The predicted molar refractivity (Wildman–Crippen MR) is 78.1 cm³/mol. The number of rotatable bonds is 7. The molecule has 0 unspecified atom stereocenters. The van der Waals surface area contributed by atoms with Crippen LogP contribution in [0.25, 0.3) is 0 Å². The van der Waals surface area contributed by atoms with Crippen LogP contribution in [-0.4, -0.2) is 44.0 Å². The minimum atomic E-state index is -0.0933. The highest BCUT2D eigenvalue weighted by Gasteiger charge is 2.24. The van der Waals surface area contributed by atoms with E-state index in [1.54, 1.807) is 4.90 Å². The van der Waals surface area contributed by atoms with Crippen molar-refractivity contribution in [3.8, 4) is 0 Å². The number of oxime groups is 1. The molecule has 1 amide bonds. The molecule has 0 bridgehead atoms. The van der Waals surface area contributed by atoms with E-state index in [2.05, 4.69) is 14.7 Å². The van der Waals surface area contributed by atoms with Crippen molar-refractivity contribution in [3.05, 3.63) is 10.6 Å². The van der Waals surface area contributed by atoms with Crippen molar-refractivity contribution in [1.82, 2.24) is 14.5 Å². The highest BCUT2D eigenvalue weighted by molar-refractivity contribution is 7.08. The Morgan fingerprint density at radius 1 is 1.55 bits per heavy atom. The monoisotopic (exact) mass is 299 g/mol. The maximum absolute atomic E-state index is 12.6. The van der Waals surface area contributed by atoms with Gasteiger partial charge in [0.15, 0.2) is 0 Å². The zero-order valence-electron chi connectivity index (χ0n) is 12.0. The lowest BCUT2D eigenvalue weighted by atomic mass is 10.2. The normalized spacial score (nSPS) is 11.9. The van der Waals surface area contributed by atoms with Crippen molar-refractivity contribution < 1.29 is 10.0 Å². The minimum Gasteiger partial charge on any atom is -0.409 e. The Hall–Kier alpha value is -1.70. The Morgan fingerprint density at radius 2 is 2.25 bits per heavy atom. The third-order valence-electron chi connectivity index (χ3n) is 2.86. The summed E-state index contributed by atoms with van der Waals surface area (Å²) in [6.07, 6.45) is 1.98. The number of hydrogen-bond acceptors (Lipinski definition) is 6. The maximum Gasteiger partial charge on any atom is 0.267 e. The summed E-state index contributed by atoms with van der Waals surface area (Å²) >= 11 is 1.12. The molecule has 0 saturated carbocycles. The van der Waals surface area contributed by atoms with Gasteiger partial charge in [-0.25, -0.2) is 0 Å². The van der Waals surface area contributed by atoms with Gasteiger partial charge in [0, 0.05) is 19.0 Å². The Kier molecular flexibility index (Phi) is 6.37. The first-order valence-corrected chi connectivity index (χ1v) is 7.37. The lowest BCUT2D eigenvalue weighted by Crippen LogP contribution is -2.39. The largest absolute Gasteiger partial charge is 0.409 e. The van der Waals surface area contributed by atoms with Gasteiger partial charge < -0.3 is 15.8 Å². The molecule has 0 saturated heterocycles. The van der Waals surface area contributed by atoms with Crippen LogP contribution in [0, 0.1) is 0 Å². The van der Waals surface area contributed by atoms with Crippen molar-refractivity contribution in [3.63, 3.8) is 0 Å². The molecule has 1 aromatic rings. The first kappa shape index (κ1) is 16.4. The number of amides is 1. The molecule has 8 heteroatoms. The summed E-state index contributed by atoms with van der Waals surface area (Å²) < 4.78 is 3.87. The van der Waals surface area contributed by atoms with Crippen LogP contribution in [0.3, 0.4) is 0 Å². The fourth-order valence-corrected chi connectivity index (χ4v) is 2.45. The van der Waals surface area contributed by atoms with Crippen LogP contribution in [0.5, 0.6) is 0 Å². The summed E-state index contributed by atoms with van der Waals surface area (Å²) in [5, 5.41) is 15.5. The number of nitrogens with two attached hydrogens (primary N) is 1. The van der Waals surface area contributed by atoms with Gasteiger partial charge in [-0.1, -0.05) is 23.0 Å². The number of nitrogens with zero attached hydrogens (tertiary/aromatic N) is 4. The molecule has 0 aliphatic heterocycles. The second kappa shape index (κ2) is 7.78. The van der Waals surface area contributed by atoms with Crippen LogP contribution in [0.2, 0.25) is 0 Å². The highest BCUT2D eigenvalue weighted by atomic mass is 32.1. The number of hydrogen-bond donors (Lipinski definition) is 2. The average molecular weight is 299 g/mol. The average Bonchev–Trinajstić information content (AvgIpc) is 2.86. The van der Waals surface area contributed by atoms with Gasteiger partial charge in [-0.2, -0.15) is 0 Å². The van der Waals surface area contributed by atoms with Crippen LogP contribution in [0.15, 0.2) is 5.16 Å². The van der Waals surface area contributed by atoms with Crippen LogP contribution in [0.1, 0.15) is 49.0 Å². The molecule has 0 radical (unpaired) electrons. The molecule has 0 aliphatic carbocycles. The third-order valence-corrected chi connectivity index (χ3v) is 3.61. The Balaban J connectivity index is 2.85. The summed E-state index contributed by atoms with van der Waals surface area (Å²) in [4.78, 5) is 14.8. The highest BCUT2D eigenvalue weighted by Crippen LogP contribution is 2.17. The fourth-order valence-electron chi connectivity index (χ4n) is 1.78. The van der Waals surface area contributed by atoms with Crippen LogP contribution >= 0.6 is 11.5 Å². The van der Waals surface area contributed by atoms with E-state index in [1.807, 2.05) is 20.8 Å². The molecule has 1 heterocycles. The number of carbonyl (C=O) groups excluding carboxylic acids is 1. The van der Waals surface area contributed by atoms with Gasteiger partial charge in [0.1, 0.15) is 10.7 Å². The Labute approximate surface area is 122 Å². The van der Waals surface area contributed by atoms with Gasteiger partial charge in [0.2, 0.25) is 0 Å². The van der Waals surface area contributed by atoms with Gasteiger partial charge in [-0.3, -0.25) is 4.79 Å². The first-order chi connectivity index (χ1) is 9.51. The number of aryl methyl sites for hydroxylation is 1. The van der Waals surface area contributed by atoms with Gasteiger partial charge in [-0.05, 0) is 31.8 Å². The lowest BCUT2D eigenvalue weighted by Gasteiger charge is -2.26. The maximum atomic E-state index is 12.6. The molecule has 112 valence electrons. The van der Waals surface area contributed by atoms with E-state index in [9.17, 15) is 4.79 Å². The molecular formula is C12H21N5O2S. The van der Waals surface area contributed by atoms with E-state index < -0.39 is 0 Å². The van der Waals surface area contributed by atoms with E-state index >= 15 is 0 Å². The van der Waals surface area contributed by atoms with Crippen molar-refractivity contribution in [2.75, 3.05) is 6.54 Å². The van der Waals surface area contributed by atoms with E-state index in [0.717, 1.165) is 30.1 Å². The molecule has 0 atom stereocenters. The summed E-state index contributed by atoms with van der Waals surface area (Å²) in [6, 6.07) is 0.0190. The smallest absolute Gasteiger partial charge is 0.267 e. The molecular weight excluding hydrogens is 278 g/mol. The van der Waals surface area contributed by atoms with Crippen LogP contribution in [-0.2, 0) is 6.42 Å². The van der Waals surface area contributed by atoms with E-state index in [-0.39, 0.29) is 17.8 Å². The van der Waals surface area contributed by atoms with Gasteiger partial charge in [0.25, 0.3) is 5.91 Å². The SMILES string of the molecule is CCCc1nnsc1C(=O)N(CCC(N)=NO)C(C)C. The predicted octanol–water partition coefficient (Wildman–Crippen LogP) is 1.48. The second-order valence-electron chi connectivity index (χ2n) is 4.73. The summed E-state index contributed by atoms with van der Waals surface area (Å²) in [5.41, 5.74) is 6.20. The Bertz CT molecular complexity index is 472. The molecule has 0 aromatic carbocycles. The molecule has 1 aromatic heterocycles. The van der Waals surface area contributed by atoms with Crippen molar-refractivity contribution in [2.24, 2.45) is 10.9 Å². The van der Waals surface area contributed by atoms with Gasteiger partial charge in [-0.15, -0.1) is 5.10 Å². The summed E-state index contributed by atoms with van der Waals surface area (Å²) in [7, 11) is 0. The third kappa shape index (κ3) is 4.16. The van der Waals surface area contributed by atoms with Crippen molar-refractivity contribution in [1.29, 1.82) is 0 Å². The molecule has 3 N–H and O–H groups in total. The quantitative estimate of drug-likeness (QED) is 0.343. The van der Waals surface area contributed by atoms with Crippen LogP contribution in [0.4, 0.5) is 0 Å². The van der Waals surface area contributed by atoms with Crippen molar-refractivity contribution in [2.45, 2.75) is 46.1 Å². The fraction of sp³-hybridized carbons (Fsp3) is 0.667. The first-order valence-electron chi connectivity index (χ1n) is 6.59. The molecule has 20 heavy (non-hydrogen) atoms. The van der Waals surface area contributed by atoms with E-state index in [0.29, 0.717) is 17.8 Å². The topological polar surface area (TPSA) is 105 Å². The van der Waals surface area contributed by atoms with E-state index in [4.69, 9.17) is 10.9 Å². The zero-order valence-corrected chi connectivity index (χ0v) is 12.9. The number of carbonyl (C=O) groups is 1. The van der Waals surface area contributed by atoms with Crippen LogP contribution < -0.4 is 5.73 Å².